The highest BCUT2D eigenvalue weighted by atomic mass is 16.6. The van der Waals surface area contributed by atoms with Gasteiger partial charge < -0.3 is 15.3 Å². The van der Waals surface area contributed by atoms with Crippen molar-refractivity contribution >= 4 is 5.97 Å². The summed E-state index contributed by atoms with van der Waals surface area (Å²) in [5.41, 5.74) is 4.95. The number of allylic oxidation sites excluding steroid dienone is 1. The van der Waals surface area contributed by atoms with Crippen LogP contribution in [0.3, 0.4) is 0 Å². The Kier molecular flexibility index (Phi) is 5.23. The SMILES string of the molecule is CC(O)C#CC1C(O)CC2=C(NOCCCC(=O)O)CC21. The van der Waals surface area contributed by atoms with E-state index >= 15 is 0 Å². The van der Waals surface area contributed by atoms with E-state index in [1.807, 2.05) is 0 Å². The summed E-state index contributed by atoms with van der Waals surface area (Å²) < 4.78 is 0. The lowest BCUT2D eigenvalue weighted by molar-refractivity contribution is -0.137. The number of hydrogen-bond donors (Lipinski definition) is 4. The molecule has 4 N–H and O–H groups in total. The van der Waals surface area contributed by atoms with Gasteiger partial charge >= 0.3 is 5.97 Å². The third-order valence-electron chi connectivity index (χ3n) is 3.83. The first-order valence-corrected chi connectivity index (χ1v) is 7.17. The van der Waals surface area contributed by atoms with Crippen molar-refractivity contribution < 1.29 is 25.0 Å². The Hall–Kier alpha value is -1.55. The van der Waals surface area contributed by atoms with Crippen molar-refractivity contribution in [3.8, 4) is 11.8 Å². The molecule has 0 radical (unpaired) electrons. The van der Waals surface area contributed by atoms with Gasteiger partial charge in [0.15, 0.2) is 0 Å². The molecule has 0 amide bonds. The van der Waals surface area contributed by atoms with Crippen LogP contribution in [-0.4, -0.2) is 40.1 Å². The van der Waals surface area contributed by atoms with Crippen LogP contribution >= 0.6 is 0 Å². The first-order valence-electron chi connectivity index (χ1n) is 7.17. The van der Waals surface area contributed by atoms with E-state index in [1.165, 1.54) is 0 Å². The molecule has 1 fully saturated rings. The summed E-state index contributed by atoms with van der Waals surface area (Å²) in [4.78, 5) is 15.6. The quantitative estimate of drug-likeness (QED) is 0.322. The zero-order valence-corrected chi connectivity index (χ0v) is 12.0. The van der Waals surface area contributed by atoms with Crippen LogP contribution in [0.5, 0.6) is 0 Å². The second kappa shape index (κ2) is 6.94. The van der Waals surface area contributed by atoms with E-state index in [0.717, 1.165) is 17.7 Å². The first kappa shape index (κ1) is 15.8. The molecule has 0 aromatic heterocycles. The normalized spacial score (nSPS) is 28.2. The summed E-state index contributed by atoms with van der Waals surface area (Å²) in [5, 5.41) is 27.7. The zero-order chi connectivity index (χ0) is 15.4. The number of hydroxylamine groups is 1. The standard InChI is InChI=1S/C15H21NO5/c1-9(17)4-5-10-11-7-13(12(11)8-14(10)18)16-21-6-2-3-15(19)20/h9-11,14,16-18H,2-3,6-8H2,1H3,(H,19,20). The van der Waals surface area contributed by atoms with Crippen LogP contribution in [0.2, 0.25) is 0 Å². The number of carboxylic acids is 1. The predicted molar refractivity (Wildman–Crippen MR) is 74.7 cm³/mol. The van der Waals surface area contributed by atoms with Crippen molar-refractivity contribution in [2.45, 2.75) is 44.8 Å². The third-order valence-corrected chi connectivity index (χ3v) is 3.83. The van der Waals surface area contributed by atoms with Crippen LogP contribution in [0.15, 0.2) is 11.3 Å². The zero-order valence-electron chi connectivity index (χ0n) is 12.0. The second-order valence-corrected chi connectivity index (χ2v) is 5.52. The Morgan fingerprint density at radius 1 is 1.52 bits per heavy atom. The Balaban J connectivity index is 1.80. The maximum atomic E-state index is 10.4. The maximum Gasteiger partial charge on any atom is 0.303 e. The van der Waals surface area contributed by atoms with E-state index in [-0.39, 0.29) is 18.3 Å². The Morgan fingerprint density at radius 2 is 2.29 bits per heavy atom. The van der Waals surface area contributed by atoms with E-state index in [4.69, 9.17) is 9.94 Å². The summed E-state index contributed by atoms with van der Waals surface area (Å²) in [5.74, 6) is 4.94. The number of nitrogens with one attached hydrogen (secondary N) is 1. The average molecular weight is 295 g/mol. The van der Waals surface area contributed by atoms with E-state index in [0.29, 0.717) is 19.4 Å². The highest BCUT2D eigenvalue weighted by Crippen LogP contribution is 2.48. The molecular formula is C15H21NO5. The number of hydrogen-bond acceptors (Lipinski definition) is 5. The molecule has 1 saturated carbocycles. The molecule has 4 atom stereocenters. The molecule has 6 heteroatoms. The van der Waals surface area contributed by atoms with Gasteiger partial charge in [0.1, 0.15) is 6.10 Å². The minimum absolute atomic E-state index is 0.0892. The largest absolute Gasteiger partial charge is 0.481 e. The molecule has 2 rings (SSSR count). The summed E-state index contributed by atoms with van der Waals surface area (Å²) in [7, 11) is 0. The topological polar surface area (TPSA) is 99.0 Å². The molecule has 0 bridgehead atoms. The molecule has 4 unspecified atom stereocenters. The summed E-state index contributed by atoms with van der Waals surface area (Å²) in [6.07, 6.45) is 0.712. The van der Waals surface area contributed by atoms with Gasteiger partial charge in [0, 0.05) is 18.0 Å². The molecule has 2 aliphatic rings. The Bertz CT molecular complexity index is 488. The number of carboxylic acid groups (broad SMARTS) is 1. The predicted octanol–water partition coefficient (Wildman–Crippen LogP) is 0.411. The van der Waals surface area contributed by atoms with Gasteiger partial charge in [0.05, 0.1) is 18.6 Å². The lowest BCUT2D eigenvalue weighted by atomic mass is 9.79. The second-order valence-electron chi connectivity index (χ2n) is 5.52. The third kappa shape index (κ3) is 3.97. The minimum Gasteiger partial charge on any atom is -0.481 e. The number of carbonyl (C=O) groups is 1. The highest BCUT2D eigenvalue weighted by Gasteiger charge is 2.45. The van der Waals surface area contributed by atoms with Crippen molar-refractivity contribution in [1.29, 1.82) is 0 Å². The van der Waals surface area contributed by atoms with Gasteiger partial charge in [-0.2, -0.15) is 0 Å². The fourth-order valence-corrected chi connectivity index (χ4v) is 2.76. The van der Waals surface area contributed by atoms with Gasteiger partial charge in [-0.15, -0.1) is 0 Å². The van der Waals surface area contributed by atoms with Crippen molar-refractivity contribution in [2.75, 3.05) is 6.61 Å². The maximum absolute atomic E-state index is 10.4. The lowest BCUT2D eigenvalue weighted by Gasteiger charge is -2.30. The van der Waals surface area contributed by atoms with E-state index in [2.05, 4.69) is 17.3 Å². The van der Waals surface area contributed by atoms with E-state index in [1.54, 1.807) is 6.92 Å². The number of aliphatic hydroxyl groups is 2. The van der Waals surface area contributed by atoms with E-state index in [9.17, 15) is 15.0 Å². The minimum atomic E-state index is -0.831. The number of aliphatic hydroxyl groups excluding tert-OH is 2. The highest BCUT2D eigenvalue weighted by molar-refractivity contribution is 5.66. The van der Waals surface area contributed by atoms with Crippen LogP contribution in [0.1, 0.15) is 32.6 Å². The molecule has 6 nitrogen and oxygen atoms in total. The molecule has 0 saturated heterocycles. The smallest absolute Gasteiger partial charge is 0.303 e. The molecule has 0 spiro atoms. The molecule has 116 valence electrons. The number of aliphatic carboxylic acids is 1. The Labute approximate surface area is 123 Å². The van der Waals surface area contributed by atoms with Gasteiger partial charge in [-0.25, -0.2) is 0 Å². The van der Waals surface area contributed by atoms with Crippen LogP contribution in [0.25, 0.3) is 0 Å². The van der Waals surface area contributed by atoms with Crippen molar-refractivity contribution in [1.82, 2.24) is 5.48 Å². The molecule has 2 aliphatic carbocycles. The van der Waals surface area contributed by atoms with Gasteiger partial charge in [-0.1, -0.05) is 11.8 Å². The summed E-state index contributed by atoms with van der Waals surface area (Å²) in [6.45, 7) is 1.94. The summed E-state index contributed by atoms with van der Waals surface area (Å²) in [6, 6.07) is 0. The number of fused-ring (bicyclic) bond motifs is 1. The van der Waals surface area contributed by atoms with Crippen molar-refractivity contribution in [3.05, 3.63) is 11.3 Å². The molecule has 0 heterocycles. The van der Waals surface area contributed by atoms with Crippen LogP contribution in [0, 0.1) is 23.7 Å². The fourth-order valence-electron chi connectivity index (χ4n) is 2.76. The lowest BCUT2D eigenvalue weighted by Crippen LogP contribution is -2.30. The van der Waals surface area contributed by atoms with Gasteiger partial charge in [-0.05, 0) is 31.8 Å². The Morgan fingerprint density at radius 3 is 2.95 bits per heavy atom. The molecule has 0 aromatic rings. The van der Waals surface area contributed by atoms with Crippen LogP contribution in [0.4, 0.5) is 0 Å². The molecular weight excluding hydrogens is 274 g/mol. The van der Waals surface area contributed by atoms with Crippen molar-refractivity contribution in [3.63, 3.8) is 0 Å². The van der Waals surface area contributed by atoms with E-state index < -0.39 is 18.2 Å². The van der Waals surface area contributed by atoms with Gasteiger partial charge in [0.2, 0.25) is 0 Å². The molecule has 21 heavy (non-hydrogen) atoms. The summed E-state index contributed by atoms with van der Waals surface area (Å²) >= 11 is 0. The monoisotopic (exact) mass is 295 g/mol. The average Bonchev–Trinajstić information content (AvgIpc) is 2.63. The fraction of sp³-hybridized carbons (Fsp3) is 0.667. The van der Waals surface area contributed by atoms with Gasteiger partial charge in [-0.3, -0.25) is 15.1 Å². The number of rotatable bonds is 6. The molecule has 0 aromatic carbocycles. The van der Waals surface area contributed by atoms with Crippen LogP contribution < -0.4 is 5.48 Å². The van der Waals surface area contributed by atoms with Gasteiger partial charge in [0.25, 0.3) is 0 Å². The van der Waals surface area contributed by atoms with Crippen LogP contribution in [-0.2, 0) is 9.63 Å². The van der Waals surface area contributed by atoms with Crippen molar-refractivity contribution in [2.24, 2.45) is 11.8 Å². The molecule has 0 aliphatic heterocycles. The first-order chi connectivity index (χ1) is 9.99.